The zero-order chi connectivity index (χ0) is 19.4. The van der Waals surface area contributed by atoms with Gasteiger partial charge < -0.3 is 15.0 Å². The fourth-order valence-electron chi connectivity index (χ4n) is 2.99. The van der Waals surface area contributed by atoms with Crippen molar-refractivity contribution in [1.29, 1.82) is 0 Å². The Kier molecular flexibility index (Phi) is 5.88. The monoisotopic (exact) mass is 382 g/mol. The second-order valence-electron chi connectivity index (χ2n) is 6.45. The Morgan fingerprint density at radius 1 is 1.07 bits per heavy atom. The maximum Gasteiger partial charge on any atom is 0.337 e. The molecular formula is C21H22N2O3S. The summed E-state index contributed by atoms with van der Waals surface area (Å²) in [5.41, 5.74) is 2.14. The number of hydrogen-bond acceptors (Lipinski definition) is 5. The van der Waals surface area contributed by atoms with Gasteiger partial charge in [-0.3, -0.25) is 4.79 Å². The zero-order valence-electron chi connectivity index (χ0n) is 15.6. The van der Waals surface area contributed by atoms with E-state index in [1.54, 1.807) is 35.6 Å². The standard InChI is InChI=1S/C21H22N2O3S/c1-23(2)18(17-13-27-19-7-5-4-6-16(17)19)12-22-20(24)14-8-10-15(11-9-14)21(25)26-3/h4-11,13,18H,12H2,1-3H3,(H,22,24). The molecule has 1 unspecified atom stereocenters. The molecule has 2 aromatic carbocycles. The molecule has 27 heavy (non-hydrogen) atoms. The lowest BCUT2D eigenvalue weighted by molar-refractivity contribution is 0.0600. The highest BCUT2D eigenvalue weighted by Crippen LogP contribution is 2.32. The van der Waals surface area contributed by atoms with Crippen molar-refractivity contribution in [2.45, 2.75) is 6.04 Å². The third kappa shape index (κ3) is 4.18. The maximum absolute atomic E-state index is 12.5. The van der Waals surface area contributed by atoms with Gasteiger partial charge in [-0.2, -0.15) is 0 Å². The van der Waals surface area contributed by atoms with Crippen LogP contribution in [0.4, 0.5) is 0 Å². The molecule has 0 fully saturated rings. The zero-order valence-corrected chi connectivity index (χ0v) is 16.4. The first kappa shape index (κ1) is 19.1. The average Bonchev–Trinajstić information content (AvgIpc) is 3.11. The first-order valence-corrected chi connectivity index (χ1v) is 9.48. The number of carbonyl (C=O) groups excluding carboxylic acids is 2. The number of thiophene rings is 1. The second-order valence-corrected chi connectivity index (χ2v) is 7.36. The van der Waals surface area contributed by atoms with Gasteiger partial charge in [0.25, 0.3) is 5.91 Å². The van der Waals surface area contributed by atoms with Gasteiger partial charge in [-0.15, -0.1) is 11.3 Å². The summed E-state index contributed by atoms with van der Waals surface area (Å²) in [4.78, 5) is 26.1. The summed E-state index contributed by atoms with van der Waals surface area (Å²) in [6.45, 7) is 0.491. The SMILES string of the molecule is COC(=O)c1ccc(C(=O)NCC(c2csc3ccccc23)N(C)C)cc1. The van der Waals surface area contributed by atoms with Gasteiger partial charge in [0.05, 0.1) is 18.7 Å². The van der Waals surface area contributed by atoms with Gasteiger partial charge in [-0.25, -0.2) is 4.79 Å². The summed E-state index contributed by atoms with van der Waals surface area (Å²) in [5.74, 6) is -0.586. The van der Waals surface area contributed by atoms with E-state index in [1.807, 2.05) is 26.2 Å². The lowest BCUT2D eigenvalue weighted by Gasteiger charge is -2.24. The van der Waals surface area contributed by atoms with E-state index in [0.29, 0.717) is 17.7 Å². The summed E-state index contributed by atoms with van der Waals surface area (Å²) >= 11 is 1.71. The quantitative estimate of drug-likeness (QED) is 0.660. The topological polar surface area (TPSA) is 58.6 Å². The molecule has 5 nitrogen and oxygen atoms in total. The average molecular weight is 382 g/mol. The molecular weight excluding hydrogens is 360 g/mol. The van der Waals surface area contributed by atoms with E-state index in [4.69, 9.17) is 0 Å². The molecule has 3 rings (SSSR count). The molecule has 3 aromatic rings. The van der Waals surface area contributed by atoms with Crippen LogP contribution in [0.15, 0.2) is 53.9 Å². The summed E-state index contributed by atoms with van der Waals surface area (Å²) in [6, 6.07) is 14.8. The Bertz CT molecular complexity index is 947. The van der Waals surface area contributed by atoms with E-state index < -0.39 is 5.97 Å². The number of amides is 1. The highest BCUT2D eigenvalue weighted by Gasteiger charge is 2.19. The molecule has 0 aliphatic carbocycles. The van der Waals surface area contributed by atoms with Crippen LogP contribution in [-0.2, 0) is 4.74 Å². The van der Waals surface area contributed by atoms with Gasteiger partial charge in [-0.1, -0.05) is 18.2 Å². The highest BCUT2D eigenvalue weighted by molar-refractivity contribution is 7.17. The minimum absolute atomic E-state index is 0.0689. The second kappa shape index (κ2) is 8.33. The predicted octanol–water partition coefficient (Wildman–Crippen LogP) is 3.72. The molecule has 0 aliphatic heterocycles. The number of hydrogen-bond donors (Lipinski definition) is 1. The molecule has 0 radical (unpaired) electrons. The van der Waals surface area contributed by atoms with E-state index in [0.717, 1.165) is 0 Å². The molecule has 0 spiro atoms. The first-order valence-electron chi connectivity index (χ1n) is 8.60. The maximum atomic E-state index is 12.5. The number of fused-ring (bicyclic) bond motifs is 1. The normalized spacial score (nSPS) is 12.1. The summed E-state index contributed by atoms with van der Waals surface area (Å²) < 4.78 is 5.91. The van der Waals surface area contributed by atoms with Crippen LogP contribution in [0.2, 0.25) is 0 Å². The van der Waals surface area contributed by atoms with Crippen molar-refractivity contribution in [3.8, 4) is 0 Å². The van der Waals surface area contributed by atoms with E-state index in [-0.39, 0.29) is 11.9 Å². The fraction of sp³-hybridized carbons (Fsp3) is 0.238. The van der Waals surface area contributed by atoms with Crippen molar-refractivity contribution in [2.24, 2.45) is 0 Å². The molecule has 1 atom stereocenters. The molecule has 140 valence electrons. The molecule has 0 saturated carbocycles. The Morgan fingerprint density at radius 2 is 1.74 bits per heavy atom. The smallest absolute Gasteiger partial charge is 0.337 e. The third-order valence-electron chi connectivity index (χ3n) is 4.52. The summed E-state index contributed by atoms with van der Waals surface area (Å²) in [5, 5.41) is 6.38. The number of rotatable bonds is 6. The Morgan fingerprint density at radius 3 is 2.41 bits per heavy atom. The van der Waals surface area contributed by atoms with Gasteiger partial charge in [-0.05, 0) is 60.8 Å². The number of benzene rings is 2. The fourth-order valence-corrected chi connectivity index (χ4v) is 4.00. The molecule has 0 bridgehead atoms. The van der Waals surface area contributed by atoms with E-state index in [2.05, 4.69) is 32.5 Å². The molecule has 1 amide bonds. The van der Waals surface area contributed by atoms with Crippen molar-refractivity contribution in [2.75, 3.05) is 27.7 Å². The van der Waals surface area contributed by atoms with Gasteiger partial charge in [0.1, 0.15) is 0 Å². The lowest BCUT2D eigenvalue weighted by Crippen LogP contribution is -2.34. The number of ether oxygens (including phenoxy) is 1. The van der Waals surface area contributed by atoms with Crippen LogP contribution in [0.25, 0.3) is 10.1 Å². The molecule has 0 saturated heterocycles. The van der Waals surface area contributed by atoms with E-state index >= 15 is 0 Å². The van der Waals surface area contributed by atoms with Crippen molar-refractivity contribution < 1.29 is 14.3 Å². The van der Waals surface area contributed by atoms with Crippen LogP contribution in [0.1, 0.15) is 32.3 Å². The Labute approximate surface area is 162 Å². The van der Waals surface area contributed by atoms with Gasteiger partial charge >= 0.3 is 5.97 Å². The van der Waals surface area contributed by atoms with E-state index in [9.17, 15) is 9.59 Å². The summed E-state index contributed by atoms with van der Waals surface area (Å²) in [7, 11) is 5.35. The van der Waals surface area contributed by atoms with Crippen LogP contribution in [0.5, 0.6) is 0 Å². The van der Waals surface area contributed by atoms with Crippen LogP contribution >= 0.6 is 11.3 Å². The number of carbonyl (C=O) groups is 2. The van der Waals surface area contributed by atoms with Gasteiger partial charge in [0, 0.05) is 16.8 Å². The Balaban J connectivity index is 1.73. The van der Waals surface area contributed by atoms with Gasteiger partial charge in [0.15, 0.2) is 0 Å². The largest absolute Gasteiger partial charge is 0.465 e. The molecule has 0 aliphatic rings. The van der Waals surface area contributed by atoms with Crippen molar-refractivity contribution in [3.05, 3.63) is 70.6 Å². The van der Waals surface area contributed by atoms with Crippen LogP contribution < -0.4 is 5.32 Å². The highest BCUT2D eigenvalue weighted by atomic mass is 32.1. The molecule has 1 heterocycles. The summed E-state index contributed by atoms with van der Waals surface area (Å²) in [6.07, 6.45) is 0. The number of nitrogens with one attached hydrogen (secondary N) is 1. The van der Waals surface area contributed by atoms with Crippen LogP contribution in [0, 0.1) is 0 Å². The lowest BCUT2D eigenvalue weighted by atomic mass is 10.0. The van der Waals surface area contributed by atoms with E-state index in [1.165, 1.54) is 22.8 Å². The van der Waals surface area contributed by atoms with Crippen molar-refractivity contribution >= 4 is 33.3 Å². The minimum atomic E-state index is -0.418. The Hall–Kier alpha value is -2.70. The van der Waals surface area contributed by atoms with Crippen molar-refractivity contribution in [1.82, 2.24) is 10.2 Å². The molecule has 1 N–H and O–H groups in total. The first-order chi connectivity index (χ1) is 13.0. The molecule has 1 aromatic heterocycles. The molecule has 6 heteroatoms. The minimum Gasteiger partial charge on any atom is -0.465 e. The van der Waals surface area contributed by atoms with Crippen LogP contribution in [-0.4, -0.2) is 44.5 Å². The number of likely N-dealkylation sites (N-methyl/N-ethyl adjacent to an activating group) is 1. The number of methoxy groups -OCH3 is 1. The predicted molar refractivity (Wildman–Crippen MR) is 108 cm³/mol. The number of nitrogens with zero attached hydrogens (tertiary/aromatic N) is 1. The number of esters is 1. The third-order valence-corrected chi connectivity index (χ3v) is 5.50. The van der Waals surface area contributed by atoms with Crippen LogP contribution in [0.3, 0.4) is 0 Å². The van der Waals surface area contributed by atoms with Gasteiger partial charge in [0.2, 0.25) is 0 Å². The van der Waals surface area contributed by atoms with Crippen molar-refractivity contribution in [3.63, 3.8) is 0 Å².